The number of hydrogen-bond acceptors (Lipinski definition) is 13. The summed E-state index contributed by atoms with van der Waals surface area (Å²) in [5.41, 5.74) is 1.26. The molecule has 0 saturated carbocycles. The molecule has 9 N–H and O–H groups in total. The van der Waals surface area contributed by atoms with Crippen molar-refractivity contribution in [3.63, 3.8) is 0 Å². The maximum Gasteiger partial charge on any atom is 0.363 e. The number of aliphatic carboxylic acids is 4. The van der Waals surface area contributed by atoms with Gasteiger partial charge in [-0.15, -0.1) is 5.06 Å². The van der Waals surface area contributed by atoms with Crippen LogP contribution in [0.2, 0.25) is 0 Å². The van der Waals surface area contributed by atoms with E-state index in [4.69, 9.17) is 20.2 Å². The number of rotatable bonds is 24. The van der Waals surface area contributed by atoms with Crippen LogP contribution in [0, 0.1) is 0 Å². The zero-order valence-electron chi connectivity index (χ0n) is 38.9. The van der Waals surface area contributed by atoms with E-state index >= 15 is 0 Å². The number of carboxylic acids is 4. The topological polar surface area (TPSA) is 358 Å². The number of amides is 7. The molecule has 0 spiro atoms. The first kappa shape index (κ1) is 61.6. The summed E-state index contributed by atoms with van der Waals surface area (Å²) in [5, 5.41) is 46.3. The molecule has 23 heteroatoms. The lowest BCUT2D eigenvalue weighted by atomic mass is 10.1. The van der Waals surface area contributed by atoms with Crippen molar-refractivity contribution in [2.45, 2.75) is 125 Å². The van der Waals surface area contributed by atoms with E-state index in [9.17, 15) is 62.6 Å². The Morgan fingerprint density at radius 1 is 0.716 bits per heavy atom. The number of benzene rings is 1. The molecule has 67 heavy (non-hydrogen) atoms. The number of carboxylic acid groups (broad SMARTS) is 4. The lowest BCUT2D eigenvalue weighted by Gasteiger charge is -2.19. The molecule has 1 fully saturated rings. The van der Waals surface area contributed by atoms with Gasteiger partial charge in [0.15, 0.2) is 0 Å². The van der Waals surface area contributed by atoms with Crippen molar-refractivity contribution in [2.75, 3.05) is 19.6 Å². The fourth-order valence-corrected chi connectivity index (χ4v) is 4.84. The van der Waals surface area contributed by atoms with Gasteiger partial charge >= 0.3 is 29.8 Å². The number of allylic oxidation sites excluding steroid dienone is 2. The second kappa shape index (κ2) is 34.9. The van der Waals surface area contributed by atoms with Crippen LogP contribution in [0.15, 0.2) is 47.6 Å². The third-order valence-corrected chi connectivity index (χ3v) is 8.65. The van der Waals surface area contributed by atoms with Crippen molar-refractivity contribution < 1.29 is 82.8 Å². The molecule has 1 heterocycles. The molecular formula is C44H64N6O17. The van der Waals surface area contributed by atoms with E-state index in [1.807, 2.05) is 27.7 Å². The Balaban J connectivity index is 0. The van der Waals surface area contributed by atoms with Gasteiger partial charge in [-0.2, -0.15) is 0 Å². The van der Waals surface area contributed by atoms with E-state index in [2.05, 4.69) is 26.6 Å². The normalized spacial score (nSPS) is 12.7. The van der Waals surface area contributed by atoms with Crippen molar-refractivity contribution in [2.24, 2.45) is 0 Å². The minimum Gasteiger partial charge on any atom is -0.481 e. The van der Waals surface area contributed by atoms with E-state index in [0.29, 0.717) is 23.5 Å². The van der Waals surface area contributed by atoms with Crippen LogP contribution >= 0.6 is 0 Å². The minimum absolute atomic E-state index is 0.0220. The molecule has 1 aromatic carbocycles. The average molecular weight is 949 g/mol. The molecule has 1 saturated heterocycles. The summed E-state index contributed by atoms with van der Waals surface area (Å²) in [6.45, 7) is 11.7. The van der Waals surface area contributed by atoms with Gasteiger partial charge in [-0.25, -0.2) is 9.59 Å². The Morgan fingerprint density at radius 3 is 1.73 bits per heavy atom. The average Bonchev–Trinajstić information content (AvgIpc) is 3.62. The molecule has 0 bridgehead atoms. The molecule has 1 unspecified atom stereocenters. The van der Waals surface area contributed by atoms with Gasteiger partial charge in [-0.1, -0.05) is 58.4 Å². The van der Waals surface area contributed by atoms with Crippen molar-refractivity contribution in [3.05, 3.63) is 58.7 Å². The third-order valence-electron chi connectivity index (χ3n) is 8.65. The molecule has 7 amide bonds. The van der Waals surface area contributed by atoms with Crippen LogP contribution in [0.4, 0.5) is 0 Å². The van der Waals surface area contributed by atoms with E-state index in [0.717, 1.165) is 18.1 Å². The van der Waals surface area contributed by atoms with Gasteiger partial charge in [0.2, 0.25) is 17.7 Å². The summed E-state index contributed by atoms with van der Waals surface area (Å²) in [7, 11) is 0. The zero-order chi connectivity index (χ0) is 51.6. The number of nitrogens with one attached hydrogen (secondary N) is 5. The molecule has 1 aromatic rings. The van der Waals surface area contributed by atoms with Crippen LogP contribution < -0.4 is 26.6 Å². The predicted octanol–water partition coefficient (Wildman–Crippen LogP) is 2.25. The first-order valence-electron chi connectivity index (χ1n) is 21.4. The number of carbonyl (C=O) groups is 12. The van der Waals surface area contributed by atoms with Gasteiger partial charge in [0.05, 0.1) is 18.7 Å². The second-order valence-corrected chi connectivity index (χ2v) is 13.8. The molecule has 1 aliphatic rings. The third kappa shape index (κ3) is 27.5. The molecule has 2 rings (SSSR count). The Kier molecular flexibility index (Phi) is 32.1. The number of unbranched alkanes of at least 4 members (excludes halogenated alkanes) is 1. The molecular weight excluding hydrogens is 885 g/mol. The summed E-state index contributed by atoms with van der Waals surface area (Å²) in [4.78, 5) is 145. The Bertz CT molecular complexity index is 1930. The van der Waals surface area contributed by atoms with Gasteiger partial charge in [-0.05, 0) is 64.2 Å². The quantitative estimate of drug-likeness (QED) is 0.0310. The molecule has 372 valence electrons. The van der Waals surface area contributed by atoms with E-state index in [-0.39, 0.29) is 55.7 Å². The summed E-state index contributed by atoms with van der Waals surface area (Å²) in [6.07, 6.45) is 4.31. The monoisotopic (exact) mass is 948 g/mol. The highest BCUT2D eigenvalue weighted by Gasteiger charge is 2.33. The Labute approximate surface area is 388 Å². The van der Waals surface area contributed by atoms with Crippen LogP contribution in [-0.2, 0) is 52.8 Å². The summed E-state index contributed by atoms with van der Waals surface area (Å²) >= 11 is 0. The first-order chi connectivity index (χ1) is 31.6. The smallest absolute Gasteiger partial charge is 0.363 e. The van der Waals surface area contributed by atoms with Crippen molar-refractivity contribution >= 4 is 71.2 Å². The summed E-state index contributed by atoms with van der Waals surface area (Å²) < 4.78 is 0. The standard InChI is InChI=1S/C36H46N6O13.2C3H6O2.C2H6/c1-4-21(3)17-22(5-2)32(49)37-16-7-6-11-26(35(52)53)41-28(44)20-39-34(51)25(12-15-31(47)48)40-27(43)19-38-33(50)23-9-8-10-24(18-23)36(54)55-42-29(45)13-14-30(42)46;2*1-2-3(4)5;1-2/h5,8-10,17-18,25-26H,4,6-7,11-16,19-20H2,1-3H3,(H,37,49)(H,38,50)(H,39,51)(H,40,43)(H,41,44)(H,47,48)(H,52,53);2*2H2,1H3,(H,4,5);1-2H3/b21-17-,22-5+;;;/t25-,26?;;;/m1.../s1. The number of imide groups is 1. The number of nitrogens with zero attached hydrogens (tertiary/aromatic N) is 1. The highest BCUT2D eigenvalue weighted by atomic mass is 16.7. The SMILES string of the molecule is C/C=C(\C=C(\C)CC)C(=O)NCCCCC(NC(=O)CNC(=O)[C@@H](CCC(=O)O)NC(=O)CNC(=O)c1cccc(C(=O)ON2C(=O)CCC2=O)c1)C(=O)O.CC.CCC(=O)O.CCC(=O)O. The van der Waals surface area contributed by atoms with Crippen LogP contribution in [0.5, 0.6) is 0 Å². The van der Waals surface area contributed by atoms with Gasteiger partial charge in [0, 0.05) is 49.8 Å². The molecule has 0 aliphatic carbocycles. The van der Waals surface area contributed by atoms with Crippen molar-refractivity contribution in [1.29, 1.82) is 0 Å². The van der Waals surface area contributed by atoms with E-state index in [1.54, 1.807) is 32.9 Å². The number of hydrogen-bond donors (Lipinski definition) is 9. The minimum atomic E-state index is -1.46. The van der Waals surface area contributed by atoms with Crippen molar-refractivity contribution in [3.8, 4) is 0 Å². The highest BCUT2D eigenvalue weighted by molar-refractivity contribution is 6.04. The molecule has 1 aliphatic heterocycles. The second-order valence-electron chi connectivity index (χ2n) is 13.8. The van der Waals surface area contributed by atoms with E-state index < -0.39 is 103 Å². The highest BCUT2D eigenvalue weighted by Crippen LogP contribution is 2.15. The van der Waals surface area contributed by atoms with Crippen molar-refractivity contribution in [1.82, 2.24) is 31.6 Å². The van der Waals surface area contributed by atoms with Gasteiger partial charge in [0.25, 0.3) is 23.6 Å². The number of carbonyl (C=O) groups excluding carboxylic acids is 8. The molecule has 0 radical (unpaired) electrons. The van der Waals surface area contributed by atoms with Gasteiger partial charge < -0.3 is 51.8 Å². The maximum absolute atomic E-state index is 12.9. The zero-order valence-corrected chi connectivity index (χ0v) is 38.9. The van der Waals surface area contributed by atoms with Crippen LogP contribution in [0.25, 0.3) is 0 Å². The predicted molar refractivity (Wildman–Crippen MR) is 239 cm³/mol. The largest absolute Gasteiger partial charge is 0.481 e. The van der Waals surface area contributed by atoms with Gasteiger partial charge in [-0.3, -0.25) is 47.9 Å². The van der Waals surface area contributed by atoms with Gasteiger partial charge in [0.1, 0.15) is 12.1 Å². The van der Waals surface area contributed by atoms with Crippen LogP contribution in [-0.4, -0.2) is 128 Å². The maximum atomic E-state index is 12.9. The fourth-order valence-electron chi connectivity index (χ4n) is 4.84. The Hall–Kier alpha value is -7.46. The molecule has 0 aromatic heterocycles. The lowest BCUT2D eigenvalue weighted by Crippen LogP contribution is -2.52. The van der Waals surface area contributed by atoms with E-state index in [1.165, 1.54) is 18.2 Å². The summed E-state index contributed by atoms with van der Waals surface area (Å²) in [5.74, 6) is -10.4. The first-order valence-corrected chi connectivity index (χ1v) is 21.4. The fraction of sp³-hybridized carbons (Fsp3) is 0.500. The lowest BCUT2D eigenvalue weighted by molar-refractivity contribution is -0.172. The summed E-state index contributed by atoms with van der Waals surface area (Å²) in [6, 6.07) is 2.21. The van der Waals surface area contributed by atoms with Crippen LogP contribution in [0.1, 0.15) is 133 Å². The molecule has 2 atom stereocenters. The van der Waals surface area contributed by atoms with Crippen LogP contribution in [0.3, 0.4) is 0 Å². The number of hydroxylamine groups is 2. The Morgan fingerprint density at radius 2 is 1.24 bits per heavy atom. The molecule has 23 nitrogen and oxygen atoms in total.